The number of fused-ring (bicyclic) bond motifs is 2. The highest BCUT2D eigenvalue weighted by atomic mass is 16.6. The molecule has 0 unspecified atom stereocenters. The van der Waals surface area contributed by atoms with Crippen LogP contribution in [0.25, 0.3) is 0 Å². The molecule has 0 heterocycles. The van der Waals surface area contributed by atoms with Gasteiger partial charge in [-0.2, -0.15) is 0 Å². The number of carbonyl (C=O) groups excluding carboxylic acids is 1. The van der Waals surface area contributed by atoms with Gasteiger partial charge < -0.3 is 10.1 Å². The standard InChI is InChI=1S/C16H21NO2/c1-11(15-10-12-7-8-13(15)9-12)17-16(18)19-14-5-3-2-4-6-14/h2-6,11-13,15H,7-10H2,1H3,(H,17,18)/t11-,12+,13+,15-/m1/s1. The average molecular weight is 259 g/mol. The predicted molar refractivity (Wildman–Crippen MR) is 74.0 cm³/mol. The van der Waals surface area contributed by atoms with Crippen LogP contribution in [0.1, 0.15) is 32.6 Å². The van der Waals surface area contributed by atoms with Crippen LogP contribution in [0.4, 0.5) is 4.79 Å². The van der Waals surface area contributed by atoms with Crippen LogP contribution in [-0.4, -0.2) is 12.1 Å². The molecule has 0 aliphatic heterocycles. The van der Waals surface area contributed by atoms with Crippen molar-refractivity contribution in [2.45, 2.75) is 38.6 Å². The predicted octanol–water partition coefficient (Wildman–Crippen LogP) is 3.60. The van der Waals surface area contributed by atoms with Crippen LogP contribution in [0.15, 0.2) is 30.3 Å². The zero-order valence-electron chi connectivity index (χ0n) is 11.3. The van der Waals surface area contributed by atoms with E-state index in [0.29, 0.717) is 11.7 Å². The first-order chi connectivity index (χ1) is 9.22. The number of hydrogen-bond donors (Lipinski definition) is 1. The van der Waals surface area contributed by atoms with Crippen LogP contribution in [0.5, 0.6) is 5.75 Å². The summed E-state index contributed by atoms with van der Waals surface area (Å²) in [5.74, 6) is 2.96. The highest BCUT2D eigenvalue weighted by Crippen LogP contribution is 2.49. The second-order valence-electron chi connectivity index (χ2n) is 5.97. The normalized spacial score (nSPS) is 30.1. The Hall–Kier alpha value is -1.51. The van der Waals surface area contributed by atoms with Gasteiger partial charge in [0.15, 0.2) is 0 Å². The van der Waals surface area contributed by atoms with E-state index >= 15 is 0 Å². The second kappa shape index (κ2) is 5.24. The molecular weight excluding hydrogens is 238 g/mol. The fraction of sp³-hybridized carbons (Fsp3) is 0.562. The molecule has 102 valence electrons. The molecule has 2 fully saturated rings. The van der Waals surface area contributed by atoms with Crippen LogP contribution < -0.4 is 10.1 Å². The van der Waals surface area contributed by atoms with Gasteiger partial charge in [0.05, 0.1) is 0 Å². The van der Waals surface area contributed by atoms with Crippen LogP contribution in [-0.2, 0) is 0 Å². The van der Waals surface area contributed by atoms with Gasteiger partial charge in [-0.15, -0.1) is 0 Å². The monoisotopic (exact) mass is 259 g/mol. The molecule has 1 N–H and O–H groups in total. The number of para-hydroxylation sites is 1. The Balaban J connectivity index is 1.52. The van der Waals surface area contributed by atoms with E-state index in [0.717, 1.165) is 11.8 Å². The molecule has 0 saturated heterocycles. The fourth-order valence-electron chi connectivity index (χ4n) is 3.82. The maximum atomic E-state index is 11.9. The molecule has 1 aromatic rings. The van der Waals surface area contributed by atoms with Gasteiger partial charge in [-0.1, -0.05) is 24.6 Å². The molecule has 3 heteroatoms. The number of nitrogens with one attached hydrogen (secondary N) is 1. The van der Waals surface area contributed by atoms with E-state index in [1.54, 1.807) is 12.1 Å². The third-order valence-electron chi connectivity index (χ3n) is 4.73. The van der Waals surface area contributed by atoms with Gasteiger partial charge in [-0.05, 0) is 56.1 Å². The van der Waals surface area contributed by atoms with Crippen molar-refractivity contribution in [1.82, 2.24) is 5.32 Å². The molecule has 2 aliphatic rings. The van der Waals surface area contributed by atoms with Gasteiger partial charge in [0.1, 0.15) is 5.75 Å². The van der Waals surface area contributed by atoms with Gasteiger partial charge in [-0.25, -0.2) is 4.79 Å². The van der Waals surface area contributed by atoms with Crippen molar-refractivity contribution in [3.05, 3.63) is 30.3 Å². The Kier molecular flexibility index (Phi) is 3.45. The van der Waals surface area contributed by atoms with Gasteiger partial charge in [0.25, 0.3) is 0 Å². The molecule has 2 aliphatic carbocycles. The third-order valence-corrected chi connectivity index (χ3v) is 4.73. The molecule has 3 nitrogen and oxygen atoms in total. The molecule has 19 heavy (non-hydrogen) atoms. The van der Waals surface area contributed by atoms with Crippen molar-refractivity contribution in [1.29, 1.82) is 0 Å². The van der Waals surface area contributed by atoms with E-state index in [4.69, 9.17) is 4.74 Å². The fourth-order valence-corrected chi connectivity index (χ4v) is 3.82. The summed E-state index contributed by atoms with van der Waals surface area (Å²) in [5.41, 5.74) is 0. The van der Waals surface area contributed by atoms with E-state index in [1.807, 2.05) is 18.2 Å². The minimum absolute atomic E-state index is 0.214. The number of hydrogen-bond acceptors (Lipinski definition) is 2. The summed E-state index contributed by atoms with van der Waals surface area (Å²) in [4.78, 5) is 11.9. The number of amides is 1. The molecule has 2 saturated carbocycles. The molecule has 2 bridgehead atoms. The number of ether oxygens (including phenoxy) is 1. The Morgan fingerprint density at radius 3 is 2.68 bits per heavy atom. The second-order valence-corrected chi connectivity index (χ2v) is 5.97. The first-order valence-corrected chi connectivity index (χ1v) is 7.26. The SMILES string of the molecule is C[C@@H](NC(=O)Oc1ccccc1)[C@H]1C[C@H]2CC[C@H]1C2. The van der Waals surface area contributed by atoms with Crippen molar-refractivity contribution in [2.24, 2.45) is 17.8 Å². The lowest BCUT2D eigenvalue weighted by Gasteiger charge is -2.28. The lowest BCUT2D eigenvalue weighted by Crippen LogP contribution is -2.41. The van der Waals surface area contributed by atoms with E-state index < -0.39 is 0 Å². The maximum Gasteiger partial charge on any atom is 0.412 e. The maximum absolute atomic E-state index is 11.9. The Morgan fingerprint density at radius 2 is 2.05 bits per heavy atom. The highest BCUT2D eigenvalue weighted by molar-refractivity contribution is 5.70. The molecule has 3 rings (SSSR count). The lowest BCUT2D eigenvalue weighted by atomic mass is 9.84. The minimum Gasteiger partial charge on any atom is -0.410 e. The summed E-state index contributed by atoms with van der Waals surface area (Å²) < 4.78 is 5.27. The van der Waals surface area contributed by atoms with Gasteiger partial charge in [-0.3, -0.25) is 0 Å². The molecular formula is C16H21NO2. The quantitative estimate of drug-likeness (QED) is 0.900. The topological polar surface area (TPSA) is 38.3 Å². The molecule has 4 atom stereocenters. The van der Waals surface area contributed by atoms with E-state index in [-0.39, 0.29) is 12.1 Å². The van der Waals surface area contributed by atoms with Crippen LogP contribution >= 0.6 is 0 Å². The molecule has 1 aromatic carbocycles. The van der Waals surface area contributed by atoms with Gasteiger partial charge in [0.2, 0.25) is 0 Å². The van der Waals surface area contributed by atoms with Crippen LogP contribution in [0.3, 0.4) is 0 Å². The summed E-state index contributed by atoms with van der Waals surface area (Å²) in [6.45, 7) is 2.11. The van der Waals surface area contributed by atoms with Crippen molar-refractivity contribution >= 4 is 6.09 Å². The first-order valence-electron chi connectivity index (χ1n) is 7.26. The smallest absolute Gasteiger partial charge is 0.410 e. The van der Waals surface area contributed by atoms with E-state index in [2.05, 4.69) is 12.2 Å². The Labute approximate surface area is 114 Å². The highest BCUT2D eigenvalue weighted by Gasteiger charge is 2.42. The molecule has 0 aromatic heterocycles. The molecule has 0 radical (unpaired) electrons. The van der Waals surface area contributed by atoms with E-state index in [1.165, 1.54) is 25.7 Å². The molecule has 0 spiro atoms. The molecule has 1 amide bonds. The van der Waals surface area contributed by atoms with Crippen molar-refractivity contribution in [3.8, 4) is 5.75 Å². The lowest BCUT2D eigenvalue weighted by molar-refractivity contribution is 0.184. The summed E-state index contributed by atoms with van der Waals surface area (Å²) >= 11 is 0. The van der Waals surface area contributed by atoms with Gasteiger partial charge >= 0.3 is 6.09 Å². The van der Waals surface area contributed by atoms with Gasteiger partial charge in [0, 0.05) is 6.04 Å². The Bertz CT molecular complexity index is 445. The number of rotatable bonds is 3. The number of benzene rings is 1. The van der Waals surface area contributed by atoms with Crippen molar-refractivity contribution in [2.75, 3.05) is 0 Å². The summed E-state index contributed by atoms with van der Waals surface area (Å²) in [5, 5.41) is 2.99. The summed E-state index contributed by atoms with van der Waals surface area (Å²) in [6, 6.07) is 9.43. The zero-order valence-corrected chi connectivity index (χ0v) is 11.3. The third kappa shape index (κ3) is 2.75. The van der Waals surface area contributed by atoms with Crippen LogP contribution in [0.2, 0.25) is 0 Å². The van der Waals surface area contributed by atoms with E-state index in [9.17, 15) is 4.79 Å². The largest absolute Gasteiger partial charge is 0.412 e. The van der Waals surface area contributed by atoms with Crippen molar-refractivity contribution < 1.29 is 9.53 Å². The zero-order chi connectivity index (χ0) is 13.2. The van der Waals surface area contributed by atoms with Crippen molar-refractivity contribution in [3.63, 3.8) is 0 Å². The van der Waals surface area contributed by atoms with Crippen LogP contribution in [0, 0.1) is 17.8 Å². The summed E-state index contributed by atoms with van der Waals surface area (Å²) in [6.07, 6.45) is 5.04. The summed E-state index contributed by atoms with van der Waals surface area (Å²) in [7, 11) is 0. The average Bonchev–Trinajstić information content (AvgIpc) is 3.02. The first kappa shape index (κ1) is 12.5. The Morgan fingerprint density at radius 1 is 1.26 bits per heavy atom. The minimum atomic E-state index is -0.332. The number of carbonyl (C=O) groups is 1.